The Kier molecular flexibility index (Phi) is 2.84. The molecule has 3 saturated heterocycles. The molecule has 5 unspecified atom stereocenters. The van der Waals surface area contributed by atoms with Crippen LogP contribution in [0.4, 0.5) is 0 Å². The number of nitrogens with zero attached hydrogens (tertiary/aromatic N) is 2. The van der Waals surface area contributed by atoms with E-state index < -0.39 is 0 Å². The minimum atomic E-state index is 0.231. The summed E-state index contributed by atoms with van der Waals surface area (Å²) in [5.41, 5.74) is 0. The number of fused-ring (bicyclic) bond motifs is 2. The second-order valence-corrected chi connectivity index (χ2v) is 6.26. The molecule has 5 nitrogen and oxygen atoms in total. The van der Waals surface area contributed by atoms with Crippen molar-refractivity contribution < 1.29 is 9.26 Å². The maximum atomic E-state index is 5.88. The molecule has 0 aliphatic carbocycles. The molecule has 19 heavy (non-hydrogen) atoms. The lowest BCUT2D eigenvalue weighted by molar-refractivity contribution is 0.0996. The average Bonchev–Trinajstić information content (AvgIpc) is 3.15. The van der Waals surface area contributed by atoms with Crippen molar-refractivity contribution in [2.75, 3.05) is 6.54 Å². The van der Waals surface area contributed by atoms with Gasteiger partial charge < -0.3 is 14.6 Å². The largest absolute Gasteiger partial charge is 0.374 e. The van der Waals surface area contributed by atoms with E-state index in [4.69, 9.17) is 9.26 Å². The molecule has 0 aromatic carbocycles. The zero-order valence-electron chi connectivity index (χ0n) is 11.3. The quantitative estimate of drug-likeness (QED) is 0.886. The predicted octanol–water partition coefficient (Wildman–Crippen LogP) is 2.17. The molecule has 4 heterocycles. The highest BCUT2D eigenvalue weighted by Gasteiger charge is 2.44. The van der Waals surface area contributed by atoms with Crippen LogP contribution in [-0.2, 0) is 4.74 Å². The second kappa shape index (κ2) is 4.56. The lowest BCUT2D eigenvalue weighted by Crippen LogP contribution is -2.33. The number of ether oxygens (including phenoxy) is 1. The third kappa shape index (κ3) is 1.99. The number of rotatable bonds is 2. The van der Waals surface area contributed by atoms with Gasteiger partial charge in [0.05, 0.1) is 24.2 Å². The summed E-state index contributed by atoms with van der Waals surface area (Å²) in [7, 11) is 0. The molecule has 104 valence electrons. The van der Waals surface area contributed by atoms with Gasteiger partial charge in [0.1, 0.15) is 0 Å². The summed E-state index contributed by atoms with van der Waals surface area (Å²) >= 11 is 0. The van der Waals surface area contributed by atoms with Gasteiger partial charge in [-0.05, 0) is 44.6 Å². The maximum absolute atomic E-state index is 5.88. The van der Waals surface area contributed by atoms with E-state index in [-0.39, 0.29) is 6.04 Å². The first-order valence-electron chi connectivity index (χ1n) is 7.53. The van der Waals surface area contributed by atoms with Gasteiger partial charge in [-0.3, -0.25) is 0 Å². The zero-order valence-corrected chi connectivity index (χ0v) is 11.3. The van der Waals surface area contributed by atoms with Crippen molar-refractivity contribution in [3.63, 3.8) is 0 Å². The second-order valence-electron chi connectivity index (χ2n) is 6.26. The number of hydrogen-bond acceptors (Lipinski definition) is 5. The molecule has 0 spiro atoms. The minimum Gasteiger partial charge on any atom is -0.374 e. The van der Waals surface area contributed by atoms with Crippen LogP contribution in [0.3, 0.4) is 0 Å². The van der Waals surface area contributed by atoms with E-state index in [1.807, 2.05) is 0 Å². The average molecular weight is 263 g/mol. The Bertz CT molecular complexity index is 445. The smallest absolute Gasteiger partial charge is 0.244 e. The zero-order chi connectivity index (χ0) is 12.8. The summed E-state index contributed by atoms with van der Waals surface area (Å²) in [5.74, 6) is 2.56. The van der Waals surface area contributed by atoms with Gasteiger partial charge in [-0.15, -0.1) is 0 Å². The normalized spacial score (nSPS) is 41.8. The van der Waals surface area contributed by atoms with Crippen molar-refractivity contribution in [3.05, 3.63) is 11.7 Å². The van der Waals surface area contributed by atoms with Crippen LogP contribution in [0.2, 0.25) is 0 Å². The monoisotopic (exact) mass is 263 g/mol. The van der Waals surface area contributed by atoms with Crippen molar-refractivity contribution in [3.8, 4) is 0 Å². The van der Waals surface area contributed by atoms with Gasteiger partial charge in [0.15, 0.2) is 5.82 Å². The molecular weight excluding hydrogens is 242 g/mol. The lowest BCUT2D eigenvalue weighted by atomic mass is 9.88. The first kappa shape index (κ1) is 11.9. The summed E-state index contributed by atoms with van der Waals surface area (Å²) in [6, 6.07) is 0.231. The summed E-state index contributed by atoms with van der Waals surface area (Å²) in [6.45, 7) is 3.30. The number of hydrogen-bond donors (Lipinski definition) is 1. The summed E-state index contributed by atoms with van der Waals surface area (Å²) in [4.78, 5) is 4.66. The minimum absolute atomic E-state index is 0.231. The lowest BCUT2D eigenvalue weighted by Gasteiger charge is -2.26. The van der Waals surface area contributed by atoms with E-state index in [2.05, 4.69) is 22.4 Å². The molecule has 0 amide bonds. The fourth-order valence-electron chi connectivity index (χ4n) is 3.81. The molecular formula is C14H21N3O2. The number of aromatic nitrogens is 2. The van der Waals surface area contributed by atoms with Crippen LogP contribution in [-0.4, -0.2) is 28.9 Å². The van der Waals surface area contributed by atoms with Crippen molar-refractivity contribution >= 4 is 0 Å². The fourth-order valence-corrected chi connectivity index (χ4v) is 3.81. The van der Waals surface area contributed by atoms with Crippen molar-refractivity contribution in [1.82, 2.24) is 15.5 Å². The predicted molar refractivity (Wildman–Crippen MR) is 68.7 cm³/mol. The molecule has 1 aromatic rings. The molecule has 2 bridgehead atoms. The van der Waals surface area contributed by atoms with Crippen LogP contribution in [0.1, 0.15) is 62.7 Å². The van der Waals surface area contributed by atoms with E-state index in [1.165, 1.54) is 19.3 Å². The highest BCUT2D eigenvalue weighted by Crippen LogP contribution is 2.43. The van der Waals surface area contributed by atoms with E-state index in [1.54, 1.807) is 0 Å². The highest BCUT2D eigenvalue weighted by molar-refractivity contribution is 5.08. The molecule has 4 rings (SSSR count). The van der Waals surface area contributed by atoms with Crippen molar-refractivity contribution in [1.29, 1.82) is 0 Å². The molecule has 0 radical (unpaired) electrons. The summed E-state index contributed by atoms with van der Waals surface area (Å²) in [5, 5.41) is 7.72. The van der Waals surface area contributed by atoms with Crippen molar-refractivity contribution in [2.45, 2.75) is 63.2 Å². The van der Waals surface area contributed by atoms with Gasteiger partial charge in [-0.1, -0.05) is 12.1 Å². The van der Waals surface area contributed by atoms with Crippen LogP contribution < -0.4 is 5.32 Å². The molecule has 3 fully saturated rings. The fraction of sp³-hybridized carbons (Fsp3) is 0.857. The van der Waals surface area contributed by atoms with Crippen LogP contribution in [0, 0.1) is 5.92 Å². The van der Waals surface area contributed by atoms with E-state index in [0.29, 0.717) is 24.0 Å². The SMILES string of the molecule is CC1CCCNC1c1nc(C2CC3CCC2O3)no1. The molecule has 5 heteroatoms. The third-order valence-electron chi connectivity index (χ3n) is 4.93. The van der Waals surface area contributed by atoms with Gasteiger partial charge in [0, 0.05) is 0 Å². The molecule has 3 aliphatic heterocycles. The Labute approximate surface area is 113 Å². The standard InChI is InChI=1S/C14H21N3O2/c1-8-3-2-6-15-12(8)14-16-13(17-19-14)10-7-9-4-5-11(10)18-9/h8-12,15H,2-7H2,1H3. The van der Waals surface area contributed by atoms with Crippen LogP contribution in [0.25, 0.3) is 0 Å². The molecule has 0 saturated carbocycles. The van der Waals surface area contributed by atoms with Crippen LogP contribution >= 0.6 is 0 Å². The van der Waals surface area contributed by atoms with Gasteiger partial charge in [-0.2, -0.15) is 4.98 Å². The molecule has 5 atom stereocenters. The van der Waals surface area contributed by atoms with Crippen LogP contribution in [0.15, 0.2) is 4.52 Å². The van der Waals surface area contributed by atoms with Crippen LogP contribution in [0.5, 0.6) is 0 Å². The first-order valence-corrected chi connectivity index (χ1v) is 7.53. The molecule has 1 N–H and O–H groups in total. The van der Waals surface area contributed by atoms with Gasteiger partial charge in [0.25, 0.3) is 0 Å². The van der Waals surface area contributed by atoms with Crippen molar-refractivity contribution in [2.24, 2.45) is 5.92 Å². The van der Waals surface area contributed by atoms with Gasteiger partial charge in [-0.25, -0.2) is 0 Å². The Hall–Kier alpha value is -0.940. The maximum Gasteiger partial charge on any atom is 0.244 e. The Morgan fingerprint density at radius 1 is 1.26 bits per heavy atom. The summed E-state index contributed by atoms with van der Waals surface area (Å²) < 4.78 is 11.4. The third-order valence-corrected chi connectivity index (χ3v) is 4.93. The number of piperidine rings is 1. The first-order chi connectivity index (χ1) is 9.31. The van der Waals surface area contributed by atoms with Gasteiger partial charge >= 0.3 is 0 Å². The van der Waals surface area contributed by atoms with Gasteiger partial charge in [0.2, 0.25) is 5.89 Å². The molecule has 3 aliphatic rings. The number of nitrogens with one attached hydrogen (secondary N) is 1. The Morgan fingerprint density at radius 2 is 2.21 bits per heavy atom. The topological polar surface area (TPSA) is 60.2 Å². The highest BCUT2D eigenvalue weighted by atomic mass is 16.5. The Morgan fingerprint density at radius 3 is 2.95 bits per heavy atom. The summed E-state index contributed by atoms with van der Waals surface area (Å²) in [6.07, 6.45) is 6.64. The van der Waals surface area contributed by atoms with E-state index in [0.717, 1.165) is 31.1 Å². The van der Waals surface area contributed by atoms with E-state index >= 15 is 0 Å². The molecule has 1 aromatic heterocycles. The Balaban J connectivity index is 1.53. The van der Waals surface area contributed by atoms with E-state index in [9.17, 15) is 0 Å².